The first-order valence-corrected chi connectivity index (χ1v) is 9.65. The van der Waals surface area contributed by atoms with Gasteiger partial charge in [-0.3, -0.25) is 10.1 Å². The smallest absolute Gasteiger partial charge is 0.269 e. The maximum atomic E-state index is 10.8. The van der Waals surface area contributed by atoms with E-state index in [1.807, 2.05) is 30.3 Å². The summed E-state index contributed by atoms with van der Waals surface area (Å²) in [5.41, 5.74) is 2.84. The number of nitro groups is 1. The number of ether oxygens (including phenoxy) is 1. The molecule has 0 saturated heterocycles. The highest BCUT2D eigenvalue weighted by molar-refractivity contribution is 9.10. The van der Waals surface area contributed by atoms with Gasteiger partial charge in [0.1, 0.15) is 19.0 Å². The van der Waals surface area contributed by atoms with Gasteiger partial charge in [-0.05, 0) is 51.3 Å². The number of nitriles is 1. The summed E-state index contributed by atoms with van der Waals surface area (Å²) in [6.45, 7) is 0.404. The van der Waals surface area contributed by atoms with Crippen molar-refractivity contribution in [1.29, 1.82) is 5.26 Å². The minimum atomic E-state index is -0.452. The van der Waals surface area contributed by atoms with Crippen molar-refractivity contribution < 1.29 is 14.5 Å². The summed E-state index contributed by atoms with van der Waals surface area (Å²) in [4.78, 5) is 15.6. The molecule has 0 spiro atoms. The van der Waals surface area contributed by atoms with Gasteiger partial charge in [0.05, 0.1) is 27.2 Å². The van der Waals surface area contributed by atoms with Crippen molar-refractivity contribution in [3.8, 4) is 11.8 Å². The number of hydrogen-bond acceptors (Lipinski definition) is 6. The molecule has 0 atom stereocenters. The molecule has 150 valence electrons. The molecule has 0 saturated carbocycles. The van der Waals surface area contributed by atoms with Crippen LogP contribution in [0.2, 0.25) is 0 Å². The van der Waals surface area contributed by atoms with E-state index in [1.54, 1.807) is 24.3 Å². The summed E-state index contributed by atoms with van der Waals surface area (Å²) >= 11 is 3.47. The Morgan fingerprint density at radius 1 is 1.10 bits per heavy atom. The highest BCUT2D eigenvalue weighted by Gasteiger charge is 2.07. The van der Waals surface area contributed by atoms with Crippen molar-refractivity contribution in [3.05, 3.63) is 104 Å². The van der Waals surface area contributed by atoms with Crippen molar-refractivity contribution in [3.63, 3.8) is 0 Å². The summed E-state index contributed by atoms with van der Waals surface area (Å²) in [6, 6.07) is 21.1. The molecule has 3 aromatic rings. The Kier molecular flexibility index (Phi) is 7.14. The largest absolute Gasteiger partial charge is 0.488 e. The Bertz CT molecular complexity index is 1130. The number of halogens is 1. The van der Waals surface area contributed by atoms with Crippen LogP contribution in [0, 0.1) is 21.4 Å². The van der Waals surface area contributed by atoms with Crippen LogP contribution in [0.3, 0.4) is 0 Å². The van der Waals surface area contributed by atoms with Gasteiger partial charge in [0, 0.05) is 17.7 Å². The van der Waals surface area contributed by atoms with Crippen LogP contribution in [0.1, 0.15) is 22.3 Å². The molecule has 0 radical (unpaired) electrons. The highest BCUT2D eigenvalue weighted by Crippen LogP contribution is 2.27. The average molecular weight is 466 g/mol. The number of rotatable bonds is 8. The SMILES string of the molecule is N#Cc1ccccc1COc1ccc(/C=N\OCc2cccc([N+](=O)[O-])c2)cc1Br. The predicted octanol–water partition coefficient (Wildman–Crippen LogP) is 5.36. The molecule has 7 nitrogen and oxygen atoms in total. The van der Waals surface area contributed by atoms with E-state index in [0.717, 1.165) is 15.6 Å². The Morgan fingerprint density at radius 2 is 1.93 bits per heavy atom. The lowest BCUT2D eigenvalue weighted by Gasteiger charge is -2.09. The van der Waals surface area contributed by atoms with Gasteiger partial charge in [0.15, 0.2) is 0 Å². The van der Waals surface area contributed by atoms with Gasteiger partial charge in [0.2, 0.25) is 0 Å². The average Bonchev–Trinajstić information content (AvgIpc) is 2.76. The fraction of sp³-hybridized carbons (Fsp3) is 0.0909. The first-order chi connectivity index (χ1) is 14.6. The molecule has 0 aromatic heterocycles. The predicted molar refractivity (Wildman–Crippen MR) is 115 cm³/mol. The van der Waals surface area contributed by atoms with Crippen LogP contribution >= 0.6 is 15.9 Å². The minimum Gasteiger partial charge on any atom is -0.488 e. The van der Waals surface area contributed by atoms with Crippen molar-refractivity contribution in [2.24, 2.45) is 5.16 Å². The van der Waals surface area contributed by atoms with E-state index >= 15 is 0 Å². The van der Waals surface area contributed by atoms with Gasteiger partial charge in [-0.1, -0.05) is 35.5 Å². The molecule has 0 N–H and O–H groups in total. The molecule has 3 rings (SSSR count). The summed E-state index contributed by atoms with van der Waals surface area (Å²) in [5, 5.41) is 23.8. The monoisotopic (exact) mass is 465 g/mol. The second-order valence-electron chi connectivity index (χ2n) is 6.18. The third-order valence-corrected chi connectivity index (χ3v) is 4.73. The zero-order valence-electron chi connectivity index (χ0n) is 15.7. The van der Waals surface area contributed by atoms with Gasteiger partial charge < -0.3 is 9.57 Å². The molecular formula is C22H16BrN3O4. The lowest BCUT2D eigenvalue weighted by molar-refractivity contribution is -0.384. The van der Waals surface area contributed by atoms with E-state index in [-0.39, 0.29) is 18.9 Å². The van der Waals surface area contributed by atoms with Crippen LogP contribution in [-0.4, -0.2) is 11.1 Å². The Balaban J connectivity index is 1.56. The van der Waals surface area contributed by atoms with Crippen molar-refractivity contribution in [1.82, 2.24) is 0 Å². The molecular weight excluding hydrogens is 450 g/mol. The van der Waals surface area contributed by atoms with E-state index in [2.05, 4.69) is 27.2 Å². The highest BCUT2D eigenvalue weighted by atomic mass is 79.9. The second-order valence-corrected chi connectivity index (χ2v) is 7.04. The van der Waals surface area contributed by atoms with E-state index in [9.17, 15) is 10.1 Å². The fourth-order valence-corrected chi connectivity index (χ4v) is 3.11. The molecule has 0 heterocycles. The van der Waals surface area contributed by atoms with Gasteiger partial charge in [0.25, 0.3) is 5.69 Å². The third kappa shape index (κ3) is 5.65. The maximum Gasteiger partial charge on any atom is 0.269 e. The molecule has 0 unspecified atom stereocenters. The second kappa shape index (κ2) is 10.2. The molecule has 8 heteroatoms. The van der Waals surface area contributed by atoms with E-state index < -0.39 is 4.92 Å². The van der Waals surface area contributed by atoms with Gasteiger partial charge in [-0.25, -0.2) is 0 Å². The topological polar surface area (TPSA) is 97.8 Å². The Labute approximate surface area is 181 Å². The van der Waals surface area contributed by atoms with Crippen LogP contribution < -0.4 is 4.74 Å². The number of non-ortho nitro benzene ring substituents is 1. The molecule has 0 aliphatic rings. The lowest BCUT2D eigenvalue weighted by atomic mass is 10.1. The Morgan fingerprint density at radius 3 is 2.70 bits per heavy atom. The summed E-state index contributed by atoms with van der Waals surface area (Å²) in [6.07, 6.45) is 1.54. The van der Waals surface area contributed by atoms with Crippen LogP contribution in [-0.2, 0) is 18.1 Å². The summed E-state index contributed by atoms with van der Waals surface area (Å²) < 4.78 is 6.54. The number of benzene rings is 3. The number of oxime groups is 1. The minimum absolute atomic E-state index is 0.0111. The molecule has 0 amide bonds. The molecule has 3 aromatic carbocycles. The van der Waals surface area contributed by atoms with Crippen LogP contribution in [0.15, 0.2) is 76.4 Å². The van der Waals surface area contributed by atoms with Gasteiger partial charge in [-0.2, -0.15) is 5.26 Å². The molecule has 0 aliphatic carbocycles. The summed E-state index contributed by atoms with van der Waals surface area (Å²) in [7, 11) is 0. The van der Waals surface area contributed by atoms with Crippen molar-refractivity contribution >= 4 is 27.8 Å². The molecule has 0 aliphatic heterocycles. The van der Waals surface area contributed by atoms with Crippen LogP contribution in [0.4, 0.5) is 5.69 Å². The van der Waals surface area contributed by atoms with Gasteiger partial charge in [-0.15, -0.1) is 0 Å². The maximum absolute atomic E-state index is 10.8. The van der Waals surface area contributed by atoms with Crippen molar-refractivity contribution in [2.75, 3.05) is 0 Å². The quantitative estimate of drug-likeness (QED) is 0.253. The first kappa shape index (κ1) is 21.0. The third-order valence-electron chi connectivity index (χ3n) is 4.11. The van der Waals surface area contributed by atoms with E-state index in [0.29, 0.717) is 16.9 Å². The van der Waals surface area contributed by atoms with E-state index in [1.165, 1.54) is 18.3 Å². The van der Waals surface area contributed by atoms with Crippen LogP contribution in [0.25, 0.3) is 0 Å². The standard InChI is InChI=1S/C22H16BrN3O4/c23-21-11-16(13-25-30-14-17-4-3-7-20(10-17)26(27)28)8-9-22(21)29-15-19-6-2-1-5-18(19)12-24/h1-11,13H,14-15H2/b25-13-. The van der Waals surface area contributed by atoms with Crippen molar-refractivity contribution in [2.45, 2.75) is 13.2 Å². The number of nitrogens with zero attached hydrogens (tertiary/aromatic N) is 3. The normalized spacial score (nSPS) is 10.5. The van der Waals surface area contributed by atoms with Crippen LogP contribution in [0.5, 0.6) is 5.75 Å². The first-order valence-electron chi connectivity index (χ1n) is 8.86. The molecule has 30 heavy (non-hydrogen) atoms. The van der Waals surface area contributed by atoms with Gasteiger partial charge >= 0.3 is 0 Å². The lowest BCUT2D eigenvalue weighted by Crippen LogP contribution is -1.99. The fourth-order valence-electron chi connectivity index (χ4n) is 2.59. The number of nitro benzene ring substituents is 1. The zero-order valence-corrected chi connectivity index (χ0v) is 17.3. The summed E-state index contributed by atoms with van der Waals surface area (Å²) in [5.74, 6) is 0.636. The molecule has 0 bridgehead atoms. The zero-order chi connectivity index (χ0) is 21.3. The number of hydrogen-bond donors (Lipinski definition) is 0. The molecule has 0 fully saturated rings. The van der Waals surface area contributed by atoms with E-state index in [4.69, 9.17) is 14.8 Å². The Hall–Kier alpha value is -3.70.